The highest BCUT2D eigenvalue weighted by Crippen LogP contribution is 2.56. The Morgan fingerprint density at radius 2 is 1.37 bits per heavy atom. The average Bonchev–Trinajstić information content (AvgIpc) is 2.51. The minimum Gasteiger partial charge on any atom is -0.264 e. The molecule has 0 atom stereocenters. The van der Waals surface area contributed by atoms with Crippen LogP contribution in [0.3, 0.4) is 0 Å². The second-order valence-corrected chi connectivity index (χ2v) is 6.44. The number of nitrogens with zero attached hydrogens (tertiary/aromatic N) is 1. The van der Waals surface area contributed by atoms with E-state index in [2.05, 4.69) is 4.98 Å². The lowest BCUT2D eigenvalue weighted by Gasteiger charge is -2.32. The van der Waals surface area contributed by atoms with Gasteiger partial charge in [-0.1, -0.05) is 6.07 Å². The zero-order chi connectivity index (χ0) is 20.8. The van der Waals surface area contributed by atoms with Crippen molar-refractivity contribution in [3.63, 3.8) is 0 Å². The van der Waals surface area contributed by atoms with E-state index in [1.165, 1.54) is 0 Å². The molecule has 1 heterocycles. The quantitative estimate of drug-likeness (QED) is 0.321. The predicted octanol–water partition coefficient (Wildman–Crippen LogP) is 6.66. The minimum absolute atomic E-state index is 0.333. The first-order valence-corrected chi connectivity index (χ1v) is 7.82. The molecule has 2 rings (SSSR count). The van der Waals surface area contributed by atoms with E-state index in [9.17, 15) is 43.9 Å². The van der Waals surface area contributed by atoms with Crippen LogP contribution in [0.1, 0.15) is 11.1 Å². The Balaban J connectivity index is 3.01. The number of hydrogen-bond donors (Lipinski definition) is 0. The van der Waals surface area contributed by atoms with Crippen molar-refractivity contribution >= 4 is 22.6 Å². The lowest BCUT2D eigenvalue weighted by atomic mass is 9.86. The average molecular weight is 517 g/mol. The lowest BCUT2D eigenvalue weighted by Crippen LogP contribution is -2.51. The molecule has 0 fully saturated rings. The van der Waals surface area contributed by atoms with Gasteiger partial charge in [0, 0.05) is 32.7 Å². The minimum atomic E-state index is -6.56. The molecule has 148 valence electrons. The second-order valence-electron chi connectivity index (χ2n) is 5.27. The molecular formula is C15H6F10IN. The molecule has 0 bridgehead atoms. The van der Waals surface area contributed by atoms with Gasteiger partial charge in [0.05, 0.1) is 5.56 Å². The van der Waals surface area contributed by atoms with Gasteiger partial charge in [-0.25, -0.2) is 4.39 Å². The zero-order valence-electron chi connectivity index (χ0n) is 12.6. The van der Waals surface area contributed by atoms with Gasteiger partial charge in [0.25, 0.3) is 0 Å². The summed E-state index contributed by atoms with van der Waals surface area (Å²) in [5, 5.41) is 0. The molecule has 0 amide bonds. The molecule has 1 aromatic heterocycles. The van der Waals surface area contributed by atoms with Gasteiger partial charge in [0.15, 0.2) is 0 Å². The fraction of sp³-hybridized carbons (Fsp3) is 0.267. The van der Waals surface area contributed by atoms with E-state index < -0.39 is 56.1 Å². The molecular weight excluding hydrogens is 511 g/mol. The Bertz CT molecular complexity index is 809. The van der Waals surface area contributed by atoms with E-state index in [0.717, 1.165) is 47.1 Å². The van der Waals surface area contributed by atoms with Crippen molar-refractivity contribution in [2.24, 2.45) is 0 Å². The molecule has 0 unspecified atom stereocenters. The van der Waals surface area contributed by atoms with Crippen LogP contribution in [0.5, 0.6) is 0 Å². The van der Waals surface area contributed by atoms with E-state index in [-0.39, 0.29) is 0 Å². The summed E-state index contributed by atoms with van der Waals surface area (Å²) >= 11 is 1.12. The maximum atomic E-state index is 14.6. The molecule has 0 N–H and O–H groups in total. The lowest BCUT2D eigenvalue weighted by molar-refractivity contribution is -0.348. The summed E-state index contributed by atoms with van der Waals surface area (Å²) in [6.07, 6.45) is -16.5. The largest absolute Gasteiger partial charge is 0.435 e. The van der Waals surface area contributed by atoms with E-state index in [1.54, 1.807) is 0 Å². The third-order valence-electron chi connectivity index (χ3n) is 3.52. The smallest absolute Gasteiger partial charge is 0.264 e. The Kier molecular flexibility index (Phi) is 5.45. The maximum absolute atomic E-state index is 14.6. The van der Waals surface area contributed by atoms with Crippen LogP contribution in [0.2, 0.25) is 0 Å². The topological polar surface area (TPSA) is 12.9 Å². The first-order valence-electron chi connectivity index (χ1n) is 6.74. The van der Waals surface area contributed by atoms with Crippen LogP contribution in [0, 0.1) is 3.57 Å². The number of aromatic nitrogens is 1. The molecule has 1 nitrogen and oxygen atoms in total. The zero-order valence-corrected chi connectivity index (χ0v) is 14.7. The molecule has 0 spiro atoms. The van der Waals surface area contributed by atoms with Crippen LogP contribution in [0.25, 0.3) is 11.1 Å². The summed E-state index contributed by atoms with van der Waals surface area (Å²) in [5.74, 6) is 0. The van der Waals surface area contributed by atoms with Gasteiger partial charge in [0.2, 0.25) is 0 Å². The van der Waals surface area contributed by atoms with Crippen molar-refractivity contribution < 1.29 is 43.9 Å². The van der Waals surface area contributed by atoms with Crippen molar-refractivity contribution in [2.75, 3.05) is 0 Å². The van der Waals surface area contributed by atoms with Crippen LogP contribution in [0.15, 0.2) is 36.7 Å². The Labute approximate surface area is 158 Å². The Morgan fingerprint density at radius 1 is 0.815 bits per heavy atom. The van der Waals surface area contributed by atoms with Crippen molar-refractivity contribution in [3.8, 4) is 11.1 Å². The Morgan fingerprint density at radius 3 is 1.78 bits per heavy atom. The number of halogens is 11. The van der Waals surface area contributed by atoms with Gasteiger partial charge >= 0.3 is 24.2 Å². The third kappa shape index (κ3) is 3.85. The highest BCUT2D eigenvalue weighted by Gasteiger charge is 2.74. The van der Waals surface area contributed by atoms with E-state index in [4.69, 9.17) is 0 Å². The summed E-state index contributed by atoms with van der Waals surface area (Å²) in [6, 6.07) is 2.01. The molecule has 1 aromatic carbocycles. The number of alkyl halides is 10. The van der Waals surface area contributed by atoms with Crippen LogP contribution in [-0.4, -0.2) is 17.3 Å². The van der Waals surface area contributed by atoms with E-state index in [1.807, 2.05) is 0 Å². The van der Waals surface area contributed by atoms with Crippen LogP contribution < -0.4 is 0 Å². The highest BCUT2D eigenvalue weighted by molar-refractivity contribution is 14.1. The van der Waals surface area contributed by atoms with Crippen molar-refractivity contribution in [1.82, 2.24) is 4.98 Å². The third-order valence-corrected chi connectivity index (χ3v) is 4.37. The molecule has 0 radical (unpaired) electrons. The number of pyridine rings is 1. The predicted molar refractivity (Wildman–Crippen MR) is 82.3 cm³/mol. The highest BCUT2D eigenvalue weighted by atomic mass is 127. The number of benzene rings is 1. The summed E-state index contributed by atoms with van der Waals surface area (Å²) < 4.78 is 132. The summed E-state index contributed by atoms with van der Waals surface area (Å²) in [5.41, 5.74) is -11.4. The normalized spacial score (nSPS) is 13.7. The fourth-order valence-electron chi connectivity index (χ4n) is 2.31. The summed E-state index contributed by atoms with van der Waals surface area (Å²) in [7, 11) is 0. The summed E-state index contributed by atoms with van der Waals surface area (Å²) in [4.78, 5) is 3.51. The van der Waals surface area contributed by atoms with Gasteiger partial charge in [-0.2, -0.15) is 39.5 Å². The SMILES string of the molecule is FC(F)(F)c1cc(I)c(-c2cccnc2)c(C(F)(C(F)(F)F)C(F)(F)F)c1. The van der Waals surface area contributed by atoms with Gasteiger partial charge in [-0.05, 0) is 40.8 Å². The molecule has 0 aliphatic rings. The van der Waals surface area contributed by atoms with Crippen LogP contribution in [-0.2, 0) is 11.8 Å². The van der Waals surface area contributed by atoms with Crippen molar-refractivity contribution in [3.05, 3.63) is 51.4 Å². The van der Waals surface area contributed by atoms with E-state index in [0.29, 0.717) is 6.07 Å². The Hall–Kier alpha value is -1.60. The molecule has 0 aliphatic carbocycles. The monoisotopic (exact) mass is 517 g/mol. The molecule has 0 aliphatic heterocycles. The van der Waals surface area contributed by atoms with Gasteiger partial charge in [-0.15, -0.1) is 0 Å². The number of hydrogen-bond acceptors (Lipinski definition) is 1. The number of rotatable bonds is 2. The van der Waals surface area contributed by atoms with Crippen LogP contribution >= 0.6 is 22.6 Å². The van der Waals surface area contributed by atoms with Crippen LogP contribution in [0.4, 0.5) is 43.9 Å². The van der Waals surface area contributed by atoms with Gasteiger partial charge < -0.3 is 0 Å². The molecule has 2 aromatic rings. The molecule has 27 heavy (non-hydrogen) atoms. The molecule has 0 saturated carbocycles. The first kappa shape index (κ1) is 21.7. The summed E-state index contributed by atoms with van der Waals surface area (Å²) in [6.45, 7) is 0. The van der Waals surface area contributed by atoms with Crippen molar-refractivity contribution in [2.45, 2.75) is 24.2 Å². The maximum Gasteiger partial charge on any atom is 0.435 e. The van der Waals surface area contributed by atoms with Gasteiger partial charge in [-0.3, -0.25) is 4.98 Å². The molecule has 12 heteroatoms. The second kappa shape index (κ2) is 6.78. The van der Waals surface area contributed by atoms with Gasteiger partial charge in [0.1, 0.15) is 0 Å². The molecule has 0 saturated heterocycles. The van der Waals surface area contributed by atoms with E-state index >= 15 is 0 Å². The standard InChI is InChI=1S/C15H6F10IN/c16-12(14(20,21)22,15(23,24)25)9-4-8(13(17,18)19)5-10(26)11(9)7-2-1-3-27-6-7/h1-6H. The van der Waals surface area contributed by atoms with Crippen molar-refractivity contribution in [1.29, 1.82) is 0 Å². The fourth-order valence-corrected chi connectivity index (χ4v) is 3.25. The first-order chi connectivity index (χ1) is 12.1.